The molecule has 3 N–H and O–H groups in total. The van der Waals surface area contributed by atoms with Crippen molar-refractivity contribution in [2.45, 2.75) is 10.1 Å². The van der Waals surface area contributed by atoms with E-state index in [4.69, 9.17) is 5.73 Å². The van der Waals surface area contributed by atoms with Gasteiger partial charge in [0.2, 0.25) is 10.0 Å². The van der Waals surface area contributed by atoms with Crippen LogP contribution in [0.15, 0.2) is 23.2 Å². The van der Waals surface area contributed by atoms with Gasteiger partial charge in [-0.15, -0.1) is 0 Å². The fourth-order valence-electron chi connectivity index (χ4n) is 1.49. The van der Waals surface area contributed by atoms with Gasteiger partial charge in [0, 0.05) is 35.3 Å². The van der Waals surface area contributed by atoms with E-state index >= 15 is 0 Å². The van der Waals surface area contributed by atoms with Crippen LogP contribution in [-0.2, 0) is 10.0 Å². The van der Waals surface area contributed by atoms with Crippen LogP contribution in [0, 0.1) is 0 Å². The zero-order chi connectivity index (χ0) is 13.0. The smallest absolute Gasteiger partial charge is 0.242 e. The van der Waals surface area contributed by atoms with Crippen molar-refractivity contribution in [3.05, 3.63) is 18.3 Å². The molecular weight excluding hydrogens is 290 g/mol. The fourth-order valence-corrected chi connectivity index (χ4v) is 5.23. The highest BCUT2D eigenvalue weighted by atomic mass is 32.2. The molecule has 1 aromatic heterocycles. The highest BCUT2D eigenvalue weighted by Gasteiger charge is 2.19. The van der Waals surface area contributed by atoms with Crippen molar-refractivity contribution in [1.82, 2.24) is 9.71 Å². The first-order valence-corrected chi connectivity index (χ1v) is 9.17. The molecule has 0 aromatic carbocycles. The zero-order valence-electron chi connectivity index (χ0n) is 9.70. The third-order valence-corrected chi connectivity index (χ3v) is 6.71. The molecule has 2 rings (SSSR count). The molecular formula is C10H15N3O2S3. The van der Waals surface area contributed by atoms with Gasteiger partial charge in [0.15, 0.2) is 0 Å². The Morgan fingerprint density at radius 1 is 1.44 bits per heavy atom. The number of hydrogen-bond acceptors (Lipinski definition) is 6. The fraction of sp³-hybridized carbons (Fsp3) is 0.500. The number of nitrogens with two attached hydrogens (primary N) is 1. The number of nitrogens with zero attached hydrogens (tertiary/aromatic N) is 1. The SMILES string of the molecule is Nc1ccc(S(=O)(=O)NCC2CSCCS2)cn1. The lowest BCUT2D eigenvalue weighted by Gasteiger charge is -2.21. The zero-order valence-corrected chi connectivity index (χ0v) is 12.2. The average molecular weight is 305 g/mol. The summed E-state index contributed by atoms with van der Waals surface area (Å²) in [6.07, 6.45) is 1.28. The number of hydrogen-bond donors (Lipinski definition) is 2. The maximum Gasteiger partial charge on any atom is 0.242 e. The Bertz CT molecular complexity index is 484. The second-order valence-electron chi connectivity index (χ2n) is 3.84. The highest BCUT2D eigenvalue weighted by Crippen LogP contribution is 2.23. The maximum atomic E-state index is 12.0. The van der Waals surface area contributed by atoms with E-state index in [-0.39, 0.29) is 4.90 Å². The van der Waals surface area contributed by atoms with E-state index in [0.29, 0.717) is 17.6 Å². The largest absolute Gasteiger partial charge is 0.384 e. The number of thioether (sulfide) groups is 2. The average Bonchev–Trinajstić information content (AvgIpc) is 2.38. The Morgan fingerprint density at radius 3 is 2.89 bits per heavy atom. The van der Waals surface area contributed by atoms with Gasteiger partial charge in [-0.2, -0.15) is 23.5 Å². The maximum absolute atomic E-state index is 12.0. The summed E-state index contributed by atoms with van der Waals surface area (Å²) in [7, 11) is -3.47. The summed E-state index contributed by atoms with van der Waals surface area (Å²) in [5.41, 5.74) is 5.43. The van der Waals surface area contributed by atoms with E-state index in [2.05, 4.69) is 9.71 Å². The summed E-state index contributed by atoms with van der Waals surface area (Å²) in [6, 6.07) is 2.95. The normalized spacial score (nSPS) is 20.8. The van der Waals surface area contributed by atoms with Crippen LogP contribution < -0.4 is 10.5 Å². The predicted octanol–water partition coefficient (Wildman–Crippen LogP) is 0.791. The lowest BCUT2D eigenvalue weighted by Crippen LogP contribution is -2.33. The molecule has 0 radical (unpaired) electrons. The van der Waals surface area contributed by atoms with E-state index in [1.54, 1.807) is 0 Å². The Kier molecular flexibility index (Phi) is 4.77. The van der Waals surface area contributed by atoms with Gasteiger partial charge in [-0.3, -0.25) is 0 Å². The molecule has 0 amide bonds. The molecule has 5 nitrogen and oxygen atoms in total. The van der Waals surface area contributed by atoms with Crippen molar-refractivity contribution >= 4 is 39.4 Å². The van der Waals surface area contributed by atoms with Gasteiger partial charge in [0.1, 0.15) is 10.7 Å². The second kappa shape index (κ2) is 6.14. The van der Waals surface area contributed by atoms with Crippen molar-refractivity contribution in [3.63, 3.8) is 0 Å². The van der Waals surface area contributed by atoms with Crippen LogP contribution in [0.3, 0.4) is 0 Å². The monoisotopic (exact) mass is 305 g/mol. The number of nitrogen functional groups attached to an aromatic ring is 1. The van der Waals surface area contributed by atoms with Crippen molar-refractivity contribution in [1.29, 1.82) is 0 Å². The molecule has 1 aliphatic rings. The Labute approximate surface area is 115 Å². The molecule has 1 unspecified atom stereocenters. The number of sulfonamides is 1. The standard InChI is InChI=1S/C10H15N3O2S3/c11-10-2-1-9(6-12-10)18(14,15)13-5-8-7-16-3-4-17-8/h1-2,6,8,13H,3-5,7H2,(H2,11,12). The molecule has 1 fully saturated rings. The van der Waals surface area contributed by atoms with Crippen LogP contribution in [0.2, 0.25) is 0 Å². The van der Waals surface area contributed by atoms with Gasteiger partial charge in [0.05, 0.1) is 0 Å². The molecule has 0 saturated carbocycles. The number of pyridine rings is 1. The minimum Gasteiger partial charge on any atom is -0.384 e. The second-order valence-corrected chi connectivity index (χ2v) is 8.16. The van der Waals surface area contributed by atoms with Gasteiger partial charge in [-0.1, -0.05) is 0 Å². The van der Waals surface area contributed by atoms with Crippen molar-refractivity contribution in [2.75, 3.05) is 29.5 Å². The lowest BCUT2D eigenvalue weighted by molar-refractivity contribution is 0.581. The Hall–Kier alpha value is -0.440. The minimum atomic E-state index is -3.47. The molecule has 0 bridgehead atoms. The van der Waals surface area contributed by atoms with Crippen molar-refractivity contribution in [2.24, 2.45) is 0 Å². The van der Waals surface area contributed by atoms with E-state index < -0.39 is 10.0 Å². The van der Waals surface area contributed by atoms with E-state index in [0.717, 1.165) is 17.3 Å². The van der Waals surface area contributed by atoms with Crippen LogP contribution in [0.4, 0.5) is 5.82 Å². The van der Waals surface area contributed by atoms with Crippen LogP contribution in [0.25, 0.3) is 0 Å². The van der Waals surface area contributed by atoms with E-state index in [9.17, 15) is 8.42 Å². The quantitative estimate of drug-likeness (QED) is 0.855. The Balaban J connectivity index is 1.96. The summed E-state index contributed by atoms with van der Waals surface area (Å²) in [4.78, 5) is 3.95. The Morgan fingerprint density at radius 2 is 2.28 bits per heavy atom. The topological polar surface area (TPSA) is 85.1 Å². The number of anilines is 1. The van der Waals surface area contributed by atoms with Gasteiger partial charge < -0.3 is 5.73 Å². The molecule has 0 spiro atoms. The lowest BCUT2D eigenvalue weighted by atomic mass is 10.5. The third-order valence-electron chi connectivity index (χ3n) is 2.46. The summed E-state index contributed by atoms with van der Waals surface area (Å²) >= 11 is 3.68. The summed E-state index contributed by atoms with van der Waals surface area (Å²) in [5.74, 6) is 3.54. The van der Waals surface area contributed by atoms with Gasteiger partial charge in [0.25, 0.3) is 0 Å². The molecule has 100 valence electrons. The summed E-state index contributed by atoms with van der Waals surface area (Å²) in [5, 5.41) is 0.347. The third kappa shape index (κ3) is 3.78. The molecule has 0 aliphatic carbocycles. The molecule has 8 heteroatoms. The highest BCUT2D eigenvalue weighted by molar-refractivity contribution is 8.06. The summed E-state index contributed by atoms with van der Waals surface area (Å²) in [6.45, 7) is 0.463. The first-order chi connectivity index (χ1) is 8.58. The number of rotatable bonds is 4. The van der Waals surface area contributed by atoms with Crippen LogP contribution in [0.1, 0.15) is 0 Å². The van der Waals surface area contributed by atoms with E-state index in [1.807, 2.05) is 23.5 Å². The van der Waals surface area contributed by atoms with Crippen molar-refractivity contribution in [3.8, 4) is 0 Å². The molecule has 1 atom stereocenters. The molecule has 2 heterocycles. The van der Waals surface area contributed by atoms with Crippen LogP contribution in [-0.4, -0.2) is 42.5 Å². The minimum absolute atomic E-state index is 0.158. The predicted molar refractivity (Wildman–Crippen MR) is 77.4 cm³/mol. The molecule has 1 aromatic rings. The van der Waals surface area contributed by atoms with Crippen LogP contribution in [0.5, 0.6) is 0 Å². The van der Waals surface area contributed by atoms with E-state index in [1.165, 1.54) is 18.3 Å². The molecule has 1 saturated heterocycles. The van der Waals surface area contributed by atoms with Gasteiger partial charge in [-0.25, -0.2) is 18.1 Å². The summed E-state index contributed by atoms with van der Waals surface area (Å²) < 4.78 is 26.6. The first kappa shape index (κ1) is 14.0. The first-order valence-electron chi connectivity index (χ1n) is 5.48. The number of aromatic nitrogens is 1. The number of nitrogens with one attached hydrogen (secondary N) is 1. The van der Waals surface area contributed by atoms with Gasteiger partial charge in [-0.05, 0) is 12.1 Å². The molecule has 18 heavy (non-hydrogen) atoms. The van der Waals surface area contributed by atoms with Gasteiger partial charge >= 0.3 is 0 Å². The molecule has 1 aliphatic heterocycles. The van der Waals surface area contributed by atoms with Crippen molar-refractivity contribution < 1.29 is 8.42 Å². The van der Waals surface area contributed by atoms with Crippen LogP contribution >= 0.6 is 23.5 Å².